The minimum absolute atomic E-state index is 0.00304. The van der Waals surface area contributed by atoms with E-state index in [1.54, 1.807) is 0 Å². The molecule has 0 aliphatic rings. The summed E-state index contributed by atoms with van der Waals surface area (Å²) in [5, 5.41) is 0.0621. The van der Waals surface area contributed by atoms with Crippen LogP contribution in [0.2, 0.25) is 10.0 Å². The summed E-state index contributed by atoms with van der Waals surface area (Å²) in [6.07, 6.45) is 0. The van der Waals surface area contributed by atoms with Crippen LogP contribution in [-0.4, -0.2) is 16.4 Å². The monoisotopic (exact) mass is 453 g/mol. The molecule has 1 aromatic heterocycles. The Morgan fingerprint density at radius 2 is 1.20 bits per heavy atom. The second kappa shape index (κ2) is 8.93. The van der Waals surface area contributed by atoms with Gasteiger partial charge in [-0.3, -0.25) is 0 Å². The van der Waals surface area contributed by atoms with Crippen LogP contribution in [0.3, 0.4) is 0 Å². The number of hydrogen-bond acceptors (Lipinski definition) is 3. The van der Waals surface area contributed by atoms with Crippen LogP contribution in [0.25, 0.3) is 0 Å². The highest BCUT2D eigenvalue weighted by molar-refractivity contribution is 6.44. The minimum atomic E-state index is -0.861. The number of hydrogen-bond donors (Lipinski definition) is 0. The molecule has 0 fully saturated rings. The highest BCUT2D eigenvalue weighted by Gasteiger charge is 2.17. The van der Waals surface area contributed by atoms with E-state index in [-0.39, 0.29) is 32.9 Å². The van der Waals surface area contributed by atoms with E-state index in [0.29, 0.717) is 0 Å². The van der Waals surface area contributed by atoms with Crippen molar-refractivity contribution in [1.82, 2.24) is 4.98 Å². The second-order valence-electron chi connectivity index (χ2n) is 6.19. The van der Waals surface area contributed by atoms with E-state index in [0.717, 1.165) is 24.3 Å². The summed E-state index contributed by atoms with van der Waals surface area (Å²) >= 11 is 12.4. The van der Waals surface area contributed by atoms with Gasteiger partial charge in [0.25, 0.3) is 0 Å². The van der Waals surface area contributed by atoms with Crippen LogP contribution in [0.15, 0.2) is 52.4 Å². The lowest BCUT2D eigenvalue weighted by molar-refractivity contribution is 0.587. The van der Waals surface area contributed by atoms with Gasteiger partial charge in [-0.05, 0) is 44.2 Å². The van der Waals surface area contributed by atoms with Crippen LogP contribution in [0.5, 0.6) is 0 Å². The van der Waals surface area contributed by atoms with Crippen molar-refractivity contribution in [2.75, 3.05) is 0 Å². The average Bonchev–Trinajstić information content (AvgIpc) is 2.69. The lowest BCUT2D eigenvalue weighted by Crippen LogP contribution is -2.07. The predicted octanol–water partition coefficient (Wildman–Crippen LogP) is 7.23. The number of para-hydroxylation sites is 2. The SMILES string of the molecule is CC(=Nc1c(F)cccc1F)c1cc(Cl)c(Cl)c(C(C)=Nc2c(F)cccc2F)n1. The molecule has 30 heavy (non-hydrogen) atoms. The molecule has 1 heterocycles. The number of pyridine rings is 1. The smallest absolute Gasteiger partial charge is 0.151 e. The molecule has 0 bridgehead atoms. The van der Waals surface area contributed by atoms with Crippen LogP contribution in [0, 0.1) is 23.3 Å². The van der Waals surface area contributed by atoms with E-state index in [1.165, 1.54) is 32.0 Å². The quantitative estimate of drug-likeness (QED) is 0.303. The summed E-state index contributed by atoms with van der Waals surface area (Å²) in [6.45, 7) is 2.93. The molecule has 9 heteroatoms. The van der Waals surface area contributed by atoms with Crippen molar-refractivity contribution < 1.29 is 17.6 Å². The molecule has 0 aliphatic heterocycles. The van der Waals surface area contributed by atoms with E-state index >= 15 is 0 Å². The van der Waals surface area contributed by atoms with Crippen LogP contribution >= 0.6 is 23.2 Å². The van der Waals surface area contributed by atoms with Gasteiger partial charge in [-0.1, -0.05) is 35.3 Å². The second-order valence-corrected chi connectivity index (χ2v) is 6.97. The number of nitrogens with zero attached hydrogens (tertiary/aromatic N) is 3. The molecule has 0 radical (unpaired) electrons. The van der Waals surface area contributed by atoms with Gasteiger partial charge in [0, 0.05) is 0 Å². The van der Waals surface area contributed by atoms with E-state index in [9.17, 15) is 17.6 Å². The Hall–Kier alpha value is -2.77. The van der Waals surface area contributed by atoms with Gasteiger partial charge < -0.3 is 0 Å². The van der Waals surface area contributed by atoms with Crippen LogP contribution in [-0.2, 0) is 0 Å². The fourth-order valence-corrected chi connectivity index (χ4v) is 2.99. The van der Waals surface area contributed by atoms with Crippen molar-refractivity contribution in [3.8, 4) is 0 Å². The summed E-state index contributed by atoms with van der Waals surface area (Å²) in [7, 11) is 0. The number of halogens is 6. The zero-order valence-corrected chi connectivity index (χ0v) is 17.2. The molecule has 0 N–H and O–H groups in total. The maximum absolute atomic E-state index is 13.9. The summed E-state index contributed by atoms with van der Waals surface area (Å²) in [4.78, 5) is 12.2. The molecule has 0 saturated carbocycles. The number of aliphatic imine (C=N–C) groups is 2. The van der Waals surface area contributed by atoms with Crippen molar-refractivity contribution in [2.24, 2.45) is 9.98 Å². The minimum Gasteiger partial charge on any atom is -0.245 e. The molecule has 0 amide bonds. The van der Waals surface area contributed by atoms with Crippen LogP contribution in [0.1, 0.15) is 25.2 Å². The first-order chi connectivity index (χ1) is 14.2. The fraction of sp³-hybridized carbons (Fsp3) is 0.0952. The Morgan fingerprint density at radius 3 is 1.67 bits per heavy atom. The molecule has 0 atom stereocenters. The highest BCUT2D eigenvalue weighted by atomic mass is 35.5. The Balaban J connectivity index is 2.11. The lowest BCUT2D eigenvalue weighted by atomic mass is 10.2. The first-order valence-corrected chi connectivity index (χ1v) is 9.30. The normalized spacial score (nSPS) is 12.4. The molecular weight excluding hydrogens is 441 g/mol. The molecule has 3 rings (SSSR count). The van der Waals surface area contributed by atoms with Gasteiger partial charge in [0.05, 0.1) is 27.2 Å². The number of aromatic nitrogens is 1. The topological polar surface area (TPSA) is 37.6 Å². The van der Waals surface area contributed by atoms with Gasteiger partial charge in [0.2, 0.25) is 0 Å². The number of benzene rings is 2. The van der Waals surface area contributed by atoms with Crippen molar-refractivity contribution >= 4 is 46.0 Å². The molecule has 0 spiro atoms. The largest absolute Gasteiger partial charge is 0.245 e. The summed E-state index contributed by atoms with van der Waals surface area (Å²) in [6, 6.07) is 8.06. The first kappa shape index (κ1) is 21.9. The summed E-state index contributed by atoms with van der Waals surface area (Å²) in [5.74, 6) is -3.41. The zero-order valence-electron chi connectivity index (χ0n) is 15.7. The third-order valence-electron chi connectivity index (χ3n) is 4.06. The van der Waals surface area contributed by atoms with E-state index in [2.05, 4.69) is 15.0 Å². The molecule has 0 saturated heterocycles. The lowest BCUT2D eigenvalue weighted by Gasteiger charge is -2.10. The van der Waals surface area contributed by atoms with Gasteiger partial charge in [-0.25, -0.2) is 32.5 Å². The van der Waals surface area contributed by atoms with Crippen LogP contribution < -0.4 is 0 Å². The molecular formula is C21H13Cl2F4N3. The first-order valence-electron chi connectivity index (χ1n) is 8.54. The van der Waals surface area contributed by atoms with E-state index in [4.69, 9.17) is 23.2 Å². The van der Waals surface area contributed by atoms with Gasteiger partial charge in [-0.2, -0.15) is 0 Å². The Kier molecular flexibility index (Phi) is 6.53. The maximum Gasteiger partial charge on any atom is 0.151 e. The van der Waals surface area contributed by atoms with Crippen molar-refractivity contribution in [1.29, 1.82) is 0 Å². The Labute approximate surface area is 179 Å². The molecule has 3 aromatic rings. The van der Waals surface area contributed by atoms with Gasteiger partial charge in [0.15, 0.2) is 23.3 Å². The third kappa shape index (κ3) is 4.52. The van der Waals surface area contributed by atoms with Crippen LogP contribution in [0.4, 0.5) is 28.9 Å². The van der Waals surface area contributed by atoms with Crippen molar-refractivity contribution in [3.05, 3.63) is 87.2 Å². The van der Waals surface area contributed by atoms with E-state index < -0.39 is 34.6 Å². The Bertz CT molecular complexity index is 1150. The number of rotatable bonds is 4. The fourth-order valence-electron chi connectivity index (χ4n) is 2.56. The van der Waals surface area contributed by atoms with Crippen molar-refractivity contribution in [2.45, 2.75) is 13.8 Å². The van der Waals surface area contributed by atoms with Gasteiger partial charge >= 0.3 is 0 Å². The molecule has 2 aromatic carbocycles. The van der Waals surface area contributed by atoms with E-state index in [1.807, 2.05) is 0 Å². The zero-order chi connectivity index (χ0) is 22.0. The molecule has 154 valence electrons. The summed E-state index contributed by atoms with van der Waals surface area (Å²) < 4.78 is 55.6. The molecule has 0 unspecified atom stereocenters. The van der Waals surface area contributed by atoms with Gasteiger partial charge in [0.1, 0.15) is 17.1 Å². The predicted molar refractivity (Wildman–Crippen MR) is 111 cm³/mol. The highest BCUT2D eigenvalue weighted by Crippen LogP contribution is 2.29. The Morgan fingerprint density at radius 1 is 0.767 bits per heavy atom. The van der Waals surface area contributed by atoms with Gasteiger partial charge in [-0.15, -0.1) is 0 Å². The average molecular weight is 454 g/mol. The van der Waals surface area contributed by atoms with Crippen molar-refractivity contribution in [3.63, 3.8) is 0 Å². The third-order valence-corrected chi connectivity index (χ3v) is 4.84. The maximum atomic E-state index is 13.9. The summed E-state index contributed by atoms with van der Waals surface area (Å²) in [5.41, 5.74) is -0.561. The molecule has 0 aliphatic carbocycles. The molecule has 3 nitrogen and oxygen atoms in total. The standard InChI is InChI=1S/C21H13Cl2F4N3/c1-10(28-20-13(24)5-3-6-14(20)25)17-9-12(22)18(23)19(30-17)11(2)29-21-15(26)7-4-8-16(21)27/h3-9H,1-2H3.